The lowest BCUT2D eigenvalue weighted by molar-refractivity contribution is 0.0973. The summed E-state index contributed by atoms with van der Waals surface area (Å²) in [6.07, 6.45) is 4.30. The lowest BCUT2D eigenvalue weighted by Gasteiger charge is -2.13. The number of aliphatic imine (C=N–C) groups is 1. The molecule has 0 aliphatic rings. The van der Waals surface area contributed by atoms with E-state index in [1.165, 1.54) is 23.8 Å². The molecule has 1 heterocycles. The van der Waals surface area contributed by atoms with Gasteiger partial charge in [-0.05, 0) is 53.9 Å². The first-order valence-electron chi connectivity index (χ1n) is 9.01. The van der Waals surface area contributed by atoms with Crippen molar-refractivity contribution in [1.82, 2.24) is 10.3 Å². The zero-order chi connectivity index (χ0) is 19.8. The van der Waals surface area contributed by atoms with Crippen LogP contribution in [0, 0.1) is 5.82 Å². The molecule has 0 radical (unpaired) electrons. The maximum absolute atomic E-state index is 13.9. The van der Waals surface area contributed by atoms with E-state index in [4.69, 9.17) is 0 Å². The van der Waals surface area contributed by atoms with Crippen LogP contribution in [-0.2, 0) is 13.0 Å². The van der Waals surface area contributed by atoms with Crippen LogP contribution in [0.1, 0.15) is 28.4 Å². The molecule has 28 heavy (non-hydrogen) atoms. The number of benzene rings is 2. The second-order valence-electron chi connectivity index (χ2n) is 6.13. The van der Waals surface area contributed by atoms with Crippen LogP contribution in [0.15, 0.2) is 78.0 Å². The lowest BCUT2D eigenvalue weighted by Crippen LogP contribution is -2.36. The van der Waals surface area contributed by atoms with Crippen molar-refractivity contribution in [2.75, 3.05) is 5.32 Å². The Bertz CT molecular complexity index is 956. The molecule has 0 bridgehead atoms. The quantitative estimate of drug-likeness (QED) is 0.519. The molecular formula is C22H21FN4O. The molecule has 5 nitrogen and oxygen atoms in total. The molecule has 0 aliphatic heterocycles. The van der Waals surface area contributed by atoms with E-state index < -0.39 is 11.7 Å². The van der Waals surface area contributed by atoms with Gasteiger partial charge in [0, 0.05) is 18.1 Å². The summed E-state index contributed by atoms with van der Waals surface area (Å²) >= 11 is 0. The number of carbonyl (C=O) groups excluding carboxylic acids is 1. The van der Waals surface area contributed by atoms with E-state index in [1.54, 1.807) is 18.5 Å². The van der Waals surface area contributed by atoms with Crippen molar-refractivity contribution in [3.05, 3.63) is 95.6 Å². The van der Waals surface area contributed by atoms with E-state index in [0.29, 0.717) is 6.54 Å². The number of anilines is 1. The van der Waals surface area contributed by atoms with Crippen molar-refractivity contribution in [1.29, 1.82) is 0 Å². The van der Waals surface area contributed by atoms with Gasteiger partial charge in [-0.25, -0.2) is 9.38 Å². The summed E-state index contributed by atoms with van der Waals surface area (Å²) in [7, 11) is 0. The third-order valence-corrected chi connectivity index (χ3v) is 4.14. The number of amides is 1. The molecule has 0 unspecified atom stereocenters. The first-order chi connectivity index (χ1) is 13.7. The van der Waals surface area contributed by atoms with Gasteiger partial charge in [0.1, 0.15) is 5.82 Å². The number of aryl methyl sites for hydroxylation is 1. The van der Waals surface area contributed by atoms with Crippen molar-refractivity contribution in [2.24, 2.45) is 4.99 Å². The lowest BCUT2D eigenvalue weighted by atomic mass is 10.1. The molecule has 0 atom stereocenters. The molecule has 0 saturated carbocycles. The molecule has 6 heteroatoms. The first-order valence-corrected chi connectivity index (χ1v) is 9.01. The summed E-state index contributed by atoms with van der Waals surface area (Å²) in [5.74, 6) is -0.903. The Morgan fingerprint density at radius 3 is 2.39 bits per heavy atom. The highest BCUT2D eigenvalue weighted by molar-refractivity contribution is 6.10. The predicted octanol–water partition coefficient (Wildman–Crippen LogP) is 4.18. The minimum atomic E-state index is -0.583. The smallest absolute Gasteiger partial charge is 0.260 e. The van der Waals surface area contributed by atoms with Crippen molar-refractivity contribution in [2.45, 2.75) is 19.9 Å². The van der Waals surface area contributed by atoms with Crippen LogP contribution in [0.25, 0.3) is 0 Å². The van der Waals surface area contributed by atoms with Crippen LogP contribution in [-0.4, -0.2) is 16.9 Å². The van der Waals surface area contributed by atoms with Crippen molar-refractivity contribution in [3.8, 4) is 0 Å². The van der Waals surface area contributed by atoms with Crippen molar-refractivity contribution >= 4 is 17.6 Å². The van der Waals surface area contributed by atoms with Gasteiger partial charge in [-0.15, -0.1) is 0 Å². The second-order valence-corrected chi connectivity index (χ2v) is 6.13. The summed E-state index contributed by atoms with van der Waals surface area (Å²) in [4.78, 5) is 20.9. The Labute approximate surface area is 163 Å². The molecule has 2 aromatic carbocycles. The number of pyridine rings is 1. The van der Waals surface area contributed by atoms with Crippen LogP contribution in [0.4, 0.5) is 10.1 Å². The molecule has 0 spiro atoms. The molecule has 142 valence electrons. The average molecular weight is 376 g/mol. The van der Waals surface area contributed by atoms with Gasteiger partial charge in [-0.2, -0.15) is 0 Å². The normalized spacial score (nSPS) is 11.1. The van der Waals surface area contributed by atoms with Gasteiger partial charge in [0.2, 0.25) is 5.96 Å². The Morgan fingerprint density at radius 1 is 1.00 bits per heavy atom. The number of guanidine groups is 1. The first kappa shape index (κ1) is 19.2. The molecule has 1 amide bonds. The molecular weight excluding hydrogens is 355 g/mol. The van der Waals surface area contributed by atoms with E-state index in [1.807, 2.05) is 36.4 Å². The number of rotatable bonds is 5. The third-order valence-electron chi connectivity index (χ3n) is 4.14. The highest BCUT2D eigenvalue weighted by Gasteiger charge is 2.13. The Morgan fingerprint density at radius 2 is 1.71 bits per heavy atom. The standard InChI is InChI=1S/C22H21FN4O/c1-2-16-7-9-18(10-8-16)26-22(25-15-17-11-13-24-14-12-17)27-21(28)19-5-3-4-6-20(19)23/h3-14H,2,15H2,1H3,(H2,25,26,27,28). The fourth-order valence-corrected chi connectivity index (χ4v) is 2.55. The Hall–Kier alpha value is -3.54. The van der Waals surface area contributed by atoms with E-state index in [2.05, 4.69) is 27.5 Å². The van der Waals surface area contributed by atoms with Crippen LogP contribution in [0.3, 0.4) is 0 Å². The van der Waals surface area contributed by atoms with E-state index in [0.717, 1.165) is 17.7 Å². The number of nitrogens with one attached hydrogen (secondary N) is 2. The minimum absolute atomic E-state index is 0.0396. The number of hydrogen-bond donors (Lipinski definition) is 2. The largest absolute Gasteiger partial charge is 0.326 e. The summed E-state index contributed by atoms with van der Waals surface area (Å²) in [5, 5.41) is 5.77. The molecule has 2 N–H and O–H groups in total. The maximum atomic E-state index is 13.9. The summed E-state index contributed by atoms with van der Waals surface area (Å²) in [6, 6.07) is 17.3. The maximum Gasteiger partial charge on any atom is 0.260 e. The molecule has 0 saturated heterocycles. The van der Waals surface area contributed by atoms with Crippen LogP contribution in [0.2, 0.25) is 0 Å². The summed E-state index contributed by atoms with van der Waals surface area (Å²) in [5.41, 5.74) is 2.88. The SMILES string of the molecule is CCc1ccc(NC(=NCc2ccncc2)NC(=O)c2ccccc2F)cc1. The van der Waals surface area contributed by atoms with Gasteiger partial charge in [-0.3, -0.25) is 15.1 Å². The number of carbonyl (C=O) groups is 1. The highest BCUT2D eigenvalue weighted by Crippen LogP contribution is 2.11. The number of halogens is 1. The third kappa shape index (κ3) is 5.23. The zero-order valence-corrected chi connectivity index (χ0v) is 15.5. The molecule has 3 rings (SSSR count). The fourth-order valence-electron chi connectivity index (χ4n) is 2.55. The number of aromatic nitrogens is 1. The van der Waals surface area contributed by atoms with Gasteiger partial charge in [0.05, 0.1) is 12.1 Å². The van der Waals surface area contributed by atoms with Crippen molar-refractivity contribution < 1.29 is 9.18 Å². The van der Waals surface area contributed by atoms with Gasteiger partial charge in [0.15, 0.2) is 0 Å². The van der Waals surface area contributed by atoms with E-state index in [9.17, 15) is 9.18 Å². The van der Waals surface area contributed by atoms with E-state index >= 15 is 0 Å². The minimum Gasteiger partial charge on any atom is -0.326 e. The second kappa shape index (κ2) is 9.41. The molecule has 0 fully saturated rings. The monoisotopic (exact) mass is 376 g/mol. The van der Waals surface area contributed by atoms with Gasteiger partial charge >= 0.3 is 0 Å². The topological polar surface area (TPSA) is 66.4 Å². The predicted molar refractivity (Wildman–Crippen MR) is 109 cm³/mol. The Kier molecular flexibility index (Phi) is 6.46. The van der Waals surface area contributed by atoms with Gasteiger partial charge < -0.3 is 5.32 Å². The highest BCUT2D eigenvalue weighted by atomic mass is 19.1. The summed E-state index contributed by atoms with van der Waals surface area (Å²) in [6.45, 7) is 2.42. The molecule has 3 aromatic rings. The average Bonchev–Trinajstić information content (AvgIpc) is 2.73. The van der Waals surface area contributed by atoms with Crippen LogP contribution < -0.4 is 10.6 Å². The fraction of sp³-hybridized carbons (Fsp3) is 0.136. The van der Waals surface area contributed by atoms with Crippen LogP contribution >= 0.6 is 0 Å². The van der Waals surface area contributed by atoms with E-state index in [-0.39, 0.29) is 11.5 Å². The Balaban J connectivity index is 1.80. The van der Waals surface area contributed by atoms with Crippen LogP contribution in [0.5, 0.6) is 0 Å². The van der Waals surface area contributed by atoms with Gasteiger partial charge in [0.25, 0.3) is 5.91 Å². The van der Waals surface area contributed by atoms with Gasteiger partial charge in [-0.1, -0.05) is 31.2 Å². The number of hydrogen-bond acceptors (Lipinski definition) is 3. The van der Waals surface area contributed by atoms with Crippen molar-refractivity contribution in [3.63, 3.8) is 0 Å². The number of nitrogens with zero attached hydrogens (tertiary/aromatic N) is 2. The molecule has 0 aliphatic carbocycles. The zero-order valence-electron chi connectivity index (χ0n) is 15.5. The summed E-state index contributed by atoms with van der Waals surface area (Å²) < 4.78 is 13.9. The molecule has 1 aromatic heterocycles.